The zero-order valence-electron chi connectivity index (χ0n) is 21.9. The van der Waals surface area contributed by atoms with E-state index in [1.54, 1.807) is 11.8 Å². The van der Waals surface area contributed by atoms with Gasteiger partial charge in [0, 0.05) is 18.2 Å². The second-order valence-corrected chi connectivity index (χ2v) is 10.4. The highest BCUT2D eigenvalue weighted by atomic mass is 32.2. The molecule has 4 nitrogen and oxygen atoms in total. The van der Waals surface area contributed by atoms with Crippen LogP contribution in [-0.4, -0.2) is 23.7 Å². The van der Waals surface area contributed by atoms with Crippen molar-refractivity contribution in [3.63, 3.8) is 0 Å². The average molecular weight is 536 g/mol. The summed E-state index contributed by atoms with van der Waals surface area (Å²) >= 11 is 1.75. The highest BCUT2D eigenvalue weighted by Crippen LogP contribution is 2.48. The van der Waals surface area contributed by atoms with E-state index in [2.05, 4.69) is 84.7 Å². The van der Waals surface area contributed by atoms with Gasteiger partial charge in [0.25, 0.3) is 0 Å². The van der Waals surface area contributed by atoms with Crippen LogP contribution in [0.25, 0.3) is 0 Å². The number of thioether (sulfide) groups is 1. The summed E-state index contributed by atoms with van der Waals surface area (Å²) in [5, 5.41) is 3.04. The van der Waals surface area contributed by atoms with Gasteiger partial charge in [-0.2, -0.15) is 0 Å². The summed E-state index contributed by atoms with van der Waals surface area (Å²) in [6.45, 7) is 3.85. The van der Waals surface area contributed by atoms with Crippen LogP contribution in [0.15, 0.2) is 134 Å². The first-order chi connectivity index (χ1) is 19.1. The Kier molecular flexibility index (Phi) is 10.1. The number of amides is 1. The van der Waals surface area contributed by atoms with E-state index >= 15 is 0 Å². The van der Waals surface area contributed by atoms with Crippen LogP contribution in [-0.2, 0) is 25.7 Å². The predicted octanol–water partition coefficient (Wildman–Crippen LogP) is 6.91. The van der Waals surface area contributed by atoms with Crippen LogP contribution in [0.4, 0.5) is 0 Å². The van der Waals surface area contributed by atoms with Gasteiger partial charge in [0.1, 0.15) is 6.61 Å². The van der Waals surface area contributed by atoms with Crippen molar-refractivity contribution >= 4 is 23.6 Å². The molecule has 0 saturated carbocycles. The minimum atomic E-state index is -0.519. The number of benzene rings is 4. The SMILES string of the molecule is C=CC(=O)N[C@@H](CCC(=O)OCc1ccccc1)CSC(c1ccccc1)(c1ccccc1)c1ccccc1. The highest BCUT2D eigenvalue weighted by molar-refractivity contribution is 8.00. The maximum atomic E-state index is 12.6. The Balaban J connectivity index is 1.58. The molecular formula is C34H33NO3S. The quantitative estimate of drug-likeness (QED) is 0.115. The molecule has 0 fully saturated rings. The number of hydrogen-bond acceptors (Lipinski definition) is 4. The number of hydrogen-bond donors (Lipinski definition) is 1. The van der Waals surface area contributed by atoms with Gasteiger partial charge in [-0.05, 0) is 34.8 Å². The predicted molar refractivity (Wildman–Crippen MR) is 159 cm³/mol. The molecule has 198 valence electrons. The molecule has 0 radical (unpaired) electrons. The number of esters is 1. The molecule has 0 aromatic heterocycles. The normalized spacial score (nSPS) is 11.8. The monoisotopic (exact) mass is 535 g/mol. The number of carbonyl (C=O) groups excluding carboxylic acids is 2. The van der Waals surface area contributed by atoms with Crippen LogP contribution in [0.2, 0.25) is 0 Å². The molecule has 0 aliphatic heterocycles. The van der Waals surface area contributed by atoms with E-state index in [0.29, 0.717) is 12.2 Å². The van der Waals surface area contributed by atoms with Gasteiger partial charge in [0.15, 0.2) is 0 Å². The molecule has 0 unspecified atom stereocenters. The summed E-state index contributed by atoms with van der Waals surface area (Å²) in [6.07, 6.45) is 1.92. The van der Waals surface area contributed by atoms with Gasteiger partial charge in [-0.15, -0.1) is 11.8 Å². The van der Waals surface area contributed by atoms with Crippen molar-refractivity contribution in [3.05, 3.63) is 156 Å². The van der Waals surface area contributed by atoms with Crippen LogP contribution in [0.5, 0.6) is 0 Å². The van der Waals surface area contributed by atoms with E-state index < -0.39 is 4.75 Å². The van der Waals surface area contributed by atoms with Crippen LogP contribution in [0, 0.1) is 0 Å². The first kappa shape index (κ1) is 27.9. The molecule has 4 rings (SSSR count). The second kappa shape index (κ2) is 14.2. The van der Waals surface area contributed by atoms with Crippen LogP contribution in [0.3, 0.4) is 0 Å². The van der Waals surface area contributed by atoms with E-state index in [0.717, 1.165) is 22.3 Å². The van der Waals surface area contributed by atoms with Gasteiger partial charge in [0.2, 0.25) is 5.91 Å². The molecule has 39 heavy (non-hydrogen) atoms. The third kappa shape index (κ3) is 7.49. The molecular weight excluding hydrogens is 502 g/mol. The minimum Gasteiger partial charge on any atom is -0.461 e. The summed E-state index contributed by atoms with van der Waals surface area (Å²) in [5.41, 5.74) is 4.37. The van der Waals surface area contributed by atoms with Crippen molar-refractivity contribution in [2.75, 3.05) is 5.75 Å². The van der Waals surface area contributed by atoms with Crippen molar-refractivity contribution in [1.82, 2.24) is 5.32 Å². The van der Waals surface area contributed by atoms with E-state index in [9.17, 15) is 9.59 Å². The lowest BCUT2D eigenvalue weighted by Gasteiger charge is -2.36. The molecule has 0 saturated heterocycles. The third-order valence-corrected chi connectivity index (χ3v) is 8.22. The number of ether oxygens (including phenoxy) is 1. The Hall–Kier alpha value is -4.09. The minimum absolute atomic E-state index is 0.199. The topological polar surface area (TPSA) is 55.4 Å². The molecule has 5 heteroatoms. The summed E-state index contributed by atoms with van der Waals surface area (Å²) in [6, 6.07) is 40.6. The summed E-state index contributed by atoms with van der Waals surface area (Å²) < 4.78 is 4.97. The molecule has 4 aromatic carbocycles. The van der Waals surface area contributed by atoms with E-state index in [4.69, 9.17) is 4.74 Å². The molecule has 0 spiro atoms. The average Bonchev–Trinajstić information content (AvgIpc) is 3.01. The lowest BCUT2D eigenvalue weighted by Crippen LogP contribution is -2.38. The molecule has 1 atom stereocenters. The Morgan fingerprint density at radius 2 is 1.23 bits per heavy atom. The molecule has 0 aliphatic carbocycles. The Labute approximate surface area is 235 Å². The summed E-state index contributed by atoms with van der Waals surface area (Å²) in [5.74, 6) is 0.0228. The first-order valence-corrected chi connectivity index (χ1v) is 14.0. The maximum Gasteiger partial charge on any atom is 0.306 e. The zero-order chi connectivity index (χ0) is 27.3. The van der Waals surface area contributed by atoms with Gasteiger partial charge in [0.05, 0.1) is 4.75 Å². The largest absolute Gasteiger partial charge is 0.461 e. The fourth-order valence-corrected chi connectivity index (χ4v) is 6.16. The first-order valence-electron chi connectivity index (χ1n) is 13.0. The molecule has 1 amide bonds. The number of nitrogens with one attached hydrogen (secondary N) is 1. The van der Waals surface area contributed by atoms with E-state index in [-0.39, 0.29) is 30.9 Å². The summed E-state index contributed by atoms with van der Waals surface area (Å²) in [7, 11) is 0. The molecule has 4 aromatic rings. The van der Waals surface area contributed by atoms with E-state index in [1.165, 1.54) is 6.08 Å². The van der Waals surface area contributed by atoms with Crippen molar-refractivity contribution in [2.24, 2.45) is 0 Å². The van der Waals surface area contributed by atoms with Crippen molar-refractivity contribution < 1.29 is 14.3 Å². The Bertz CT molecular complexity index is 1230. The maximum absolute atomic E-state index is 12.6. The Morgan fingerprint density at radius 3 is 1.69 bits per heavy atom. The van der Waals surface area contributed by atoms with E-state index in [1.807, 2.05) is 48.5 Å². The van der Waals surface area contributed by atoms with Gasteiger partial charge >= 0.3 is 5.97 Å². The van der Waals surface area contributed by atoms with Crippen molar-refractivity contribution in [2.45, 2.75) is 30.2 Å². The van der Waals surface area contributed by atoms with Crippen LogP contribution < -0.4 is 5.32 Å². The fourth-order valence-electron chi connectivity index (χ4n) is 4.55. The second-order valence-electron chi connectivity index (χ2n) is 9.18. The molecule has 0 bridgehead atoms. The lowest BCUT2D eigenvalue weighted by molar-refractivity contribution is -0.145. The molecule has 1 N–H and O–H groups in total. The van der Waals surface area contributed by atoms with Crippen LogP contribution in [0.1, 0.15) is 35.1 Å². The number of carbonyl (C=O) groups is 2. The molecule has 0 heterocycles. The van der Waals surface area contributed by atoms with Crippen LogP contribution >= 0.6 is 11.8 Å². The van der Waals surface area contributed by atoms with Gasteiger partial charge in [-0.25, -0.2) is 0 Å². The van der Waals surface area contributed by atoms with Gasteiger partial charge < -0.3 is 10.1 Å². The number of rotatable bonds is 13. The standard InChI is InChI=1S/C34H33NO3S/c1-2-32(36)35-31(23-24-33(37)38-25-27-15-7-3-8-16-27)26-39-34(28-17-9-4-10-18-28,29-19-11-5-12-20-29)30-21-13-6-14-22-30/h2-22,31H,1,23-26H2,(H,35,36)/t31-/m0/s1. The zero-order valence-corrected chi connectivity index (χ0v) is 22.7. The lowest BCUT2D eigenvalue weighted by atomic mass is 9.84. The smallest absolute Gasteiger partial charge is 0.306 e. The summed E-state index contributed by atoms with van der Waals surface area (Å²) in [4.78, 5) is 24.9. The van der Waals surface area contributed by atoms with Gasteiger partial charge in [-0.1, -0.05) is 128 Å². The van der Waals surface area contributed by atoms with Gasteiger partial charge in [-0.3, -0.25) is 9.59 Å². The molecule has 0 aliphatic rings. The fraction of sp³-hybridized carbons (Fsp3) is 0.176. The third-order valence-electron chi connectivity index (χ3n) is 6.51. The van der Waals surface area contributed by atoms with Crippen molar-refractivity contribution in [3.8, 4) is 0 Å². The Morgan fingerprint density at radius 1 is 0.769 bits per heavy atom. The van der Waals surface area contributed by atoms with Crippen molar-refractivity contribution in [1.29, 1.82) is 0 Å². The highest BCUT2D eigenvalue weighted by Gasteiger charge is 2.37.